The summed E-state index contributed by atoms with van der Waals surface area (Å²) in [5.41, 5.74) is -1.24. The fraction of sp³-hybridized carbons (Fsp3) is 1.00. The average Bonchev–Trinajstić information content (AvgIpc) is 2.47. The summed E-state index contributed by atoms with van der Waals surface area (Å²) in [6.45, 7) is 19.0. The number of ether oxygens (including phenoxy) is 2. The van der Waals surface area contributed by atoms with Crippen molar-refractivity contribution in [3.63, 3.8) is 0 Å². The van der Waals surface area contributed by atoms with Crippen LogP contribution in [0.25, 0.3) is 0 Å². The summed E-state index contributed by atoms with van der Waals surface area (Å²) >= 11 is 0. The van der Waals surface area contributed by atoms with Crippen LogP contribution >= 0.6 is 0 Å². The molecular weight excluding hydrogens is 344 g/mol. The van der Waals surface area contributed by atoms with E-state index in [1.165, 1.54) is 10.1 Å². The summed E-state index contributed by atoms with van der Waals surface area (Å²) in [5.74, 6) is 0. The maximum atomic E-state index is 10.4. The molecule has 0 aromatic heterocycles. The highest BCUT2D eigenvalue weighted by Gasteiger charge is 2.47. The zero-order chi connectivity index (χ0) is 20.8. The molecule has 0 spiro atoms. The van der Waals surface area contributed by atoms with Gasteiger partial charge in [-0.1, -0.05) is 0 Å². The largest absolute Gasteiger partial charge is 0.375 e. The predicted octanol–water partition coefficient (Wildman–Crippen LogP) is 4.23. The van der Waals surface area contributed by atoms with E-state index in [9.17, 15) is 10.4 Å². The minimum atomic E-state index is -0.311. The quantitative estimate of drug-likeness (QED) is 0.737. The molecule has 160 valence electrons. The van der Waals surface area contributed by atoms with Gasteiger partial charge in [0.15, 0.2) is 0 Å². The first kappa shape index (κ1) is 23.0. The summed E-state index contributed by atoms with van der Waals surface area (Å²) < 4.78 is 12.5. The summed E-state index contributed by atoms with van der Waals surface area (Å²) in [4.78, 5) is 0. The molecule has 2 heterocycles. The van der Waals surface area contributed by atoms with E-state index in [1.807, 2.05) is 0 Å². The second-order valence-corrected chi connectivity index (χ2v) is 11.2. The van der Waals surface area contributed by atoms with Crippen molar-refractivity contribution in [3.8, 4) is 0 Å². The van der Waals surface area contributed by atoms with Gasteiger partial charge >= 0.3 is 0 Å². The topological polar surface area (TPSA) is 65.4 Å². The molecule has 2 saturated heterocycles. The van der Waals surface area contributed by atoms with Gasteiger partial charge in [-0.05, 0) is 88.0 Å². The van der Waals surface area contributed by atoms with Crippen LogP contribution in [-0.2, 0) is 9.47 Å². The van der Waals surface area contributed by atoms with Gasteiger partial charge in [-0.15, -0.1) is 0 Å². The molecule has 2 aliphatic heterocycles. The molecule has 0 radical (unpaired) electrons. The summed E-state index contributed by atoms with van der Waals surface area (Å²) in [6.07, 6.45) is 3.37. The molecule has 0 aromatic carbocycles. The van der Waals surface area contributed by atoms with E-state index in [2.05, 4.69) is 62.3 Å². The van der Waals surface area contributed by atoms with Crippen LogP contribution in [0.4, 0.5) is 0 Å². The van der Waals surface area contributed by atoms with Gasteiger partial charge in [-0.2, -0.15) is 10.1 Å². The molecule has 6 heteroatoms. The van der Waals surface area contributed by atoms with Crippen LogP contribution in [0, 0.1) is 0 Å². The highest BCUT2D eigenvalue weighted by atomic mass is 16.5. The Kier molecular flexibility index (Phi) is 6.44. The Morgan fingerprint density at radius 1 is 0.741 bits per heavy atom. The monoisotopic (exact) mass is 386 g/mol. The number of hydrogen-bond donors (Lipinski definition) is 2. The lowest BCUT2D eigenvalue weighted by Crippen LogP contribution is -2.61. The van der Waals surface area contributed by atoms with E-state index in [0.29, 0.717) is 6.61 Å². The fourth-order valence-electron chi connectivity index (χ4n) is 5.21. The van der Waals surface area contributed by atoms with Crippen LogP contribution in [0.5, 0.6) is 0 Å². The lowest BCUT2D eigenvalue weighted by Gasteiger charge is -2.52. The molecule has 27 heavy (non-hydrogen) atoms. The zero-order valence-electron chi connectivity index (χ0n) is 18.9. The molecule has 2 fully saturated rings. The Hall–Kier alpha value is -0.240. The number of piperidine rings is 2. The Bertz CT molecular complexity index is 482. The predicted molar refractivity (Wildman–Crippen MR) is 106 cm³/mol. The molecular formula is C21H42N2O4. The maximum Gasteiger partial charge on any atom is 0.0784 e. The van der Waals surface area contributed by atoms with Crippen molar-refractivity contribution in [2.75, 3.05) is 6.61 Å². The summed E-state index contributed by atoms with van der Waals surface area (Å²) in [7, 11) is 0. The normalized spacial score (nSPS) is 30.3. The van der Waals surface area contributed by atoms with E-state index < -0.39 is 0 Å². The lowest BCUT2D eigenvalue weighted by atomic mass is 9.80. The van der Waals surface area contributed by atoms with Crippen LogP contribution in [0.1, 0.15) is 88.0 Å². The molecule has 1 unspecified atom stereocenters. The van der Waals surface area contributed by atoms with Gasteiger partial charge in [0.1, 0.15) is 0 Å². The van der Waals surface area contributed by atoms with Crippen LogP contribution in [0.15, 0.2) is 0 Å². The molecule has 2 aliphatic rings. The van der Waals surface area contributed by atoms with E-state index in [-0.39, 0.29) is 40.5 Å². The molecule has 0 saturated carbocycles. The average molecular weight is 387 g/mol. The van der Waals surface area contributed by atoms with Crippen LogP contribution in [-0.4, -0.2) is 67.6 Å². The van der Waals surface area contributed by atoms with Gasteiger partial charge < -0.3 is 19.9 Å². The minimum Gasteiger partial charge on any atom is -0.375 e. The summed E-state index contributed by atoms with van der Waals surface area (Å²) in [6, 6.07) is 0. The standard InChI is InChI=1S/C21H42N2O4/c1-15(27-17-12-20(6,7)23(25)21(8,9)13-17)14-26-16-10-18(2,3)22(24)19(4,5)11-16/h15-17,24-25H,10-14H2,1-9H3. The molecule has 2 N–H and O–H groups in total. The van der Waals surface area contributed by atoms with E-state index in [1.54, 1.807) is 0 Å². The highest BCUT2D eigenvalue weighted by molar-refractivity contribution is 4.98. The number of hydroxylamine groups is 4. The third kappa shape index (κ3) is 5.22. The van der Waals surface area contributed by atoms with Crippen molar-refractivity contribution in [3.05, 3.63) is 0 Å². The molecule has 0 aromatic rings. The van der Waals surface area contributed by atoms with Crippen LogP contribution in [0.2, 0.25) is 0 Å². The van der Waals surface area contributed by atoms with Crippen molar-refractivity contribution < 1.29 is 19.9 Å². The van der Waals surface area contributed by atoms with Crippen LogP contribution in [0.3, 0.4) is 0 Å². The fourth-order valence-corrected chi connectivity index (χ4v) is 5.21. The van der Waals surface area contributed by atoms with Gasteiger partial charge in [0.25, 0.3) is 0 Å². The number of nitrogens with zero attached hydrogens (tertiary/aromatic N) is 2. The van der Waals surface area contributed by atoms with E-state index in [4.69, 9.17) is 9.47 Å². The van der Waals surface area contributed by atoms with Gasteiger partial charge in [0, 0.05) is 22.2 Å². The highest BCUT2D eigenvalue weighted by Crippen LogP contribution is 2.39. The Morgan fingerprint density at radius 2 is 1.07 bits per heavy atom. The second kappa shape index (κ2) is 7.54. The van der Waals surface area contributed by atoms with Crippen molar-refractivity contribution >= 4 is 0 Å². The lowest BCUT2D eigenvalue weighted by molar-refractivity contribution is -0.270. The first-order valence-electron chi connectivity index (χ1n) is 10.3. The Morgan fingerprint density at radius 3 is 1.44 bits per heavy atom. The zero-order valence-corrected chi connectivity index (χ0v) is 18.9. The first-order valence-corrected chi connectivity index (χ1v) is 10.3. The van der Waals surface area contributed by atoms with Gasteiger partial charge in [0.05, 0.1) is 24.9 Å². The first-order chi connectivity index (χ1) is 12.1. The number of rotatable bonds is 5. The molecule has 1 atom stereocenters. The molecule has 0 bridgehead atoms. The molecule has 6 nitrogen and oxygen atoms in total. The molecule has 0 amide bonds. The van der Waals surface area contributed by atoms with Gasteiger partial charge in [0.2, 0.25) is 0 Å². The van der Waals surface area contributed by atoms with Crippen molar-refractivity contribution in [2.45, 2.75) is 128 Å². The van der Waals surface area contributed by atoms with Gasteiger partial charge in [-0.25, -0.2) is 0 Å². The molecule has 0 aliphatic carbocycles. The Balaban J connectivity index is 1.89. The van der Waals surface area contributed by atoms with E-state index >= 15 is 0 Å². The van der Waals surface area contributed by atoms with Crippen LogP contribution < -0.4 is 0 Å². The summed E-state index contributed by atoms with van der Waals surface area (Å²) in [5, 5.41) is 23.8. The molecule has 2 rings (SSSR count). The number of hydrogen-bond acceptors (Lipinski definition) is 6. The second-order valence-electron chi connectivity index (χ2n) is 11.2. The smallest absolute Gasteiger partial charge is 0.0784 e. The van der Waals surface area contributed by atoms with Crippen molar-refractivity contribution in [1.82, 2.24) is 10.1 Å². The SMILES string of the molecule is CC(COC1CC(C)(C)N(O)C(C)(C)C1)OC1CC(C)(C)N(O)C(C)(C)C1. The third-order valence-electron chi connectivity index (χ3n) is 6.19. The maximum absolute atomic E-state index is 10.4. The van der Waals surface area contributed by atoms with Gasteiger partial charge in [-0.3, -0.25) is 0 Å². The van der Waals surface area contributed by atoms with E-state index in [0.717, 1.165) is 25.7 Å². The van der Waals surface area contributed by atoms with Crippen molar-refractivity contribution in [2.24, 2.45) is 0 Å². The van der Waals surface area contributed by atoms with Crippen molar-refractivity contribution in [1.29, 1.82) is 0 Å². The minimum absolute atomic E-state index is 0.00905. The Labute approximate surface area is 165 Å². The third-order valence-corrected chi connectivity index (χ3v) is 6.19.